The number of ether oxygens (including phenoxy) is 1. The lowest BCUT2D eigenvalue weighted by Crippen LogP contribution is -2.18. The molecule has 3 N–H and O–H groups in total. The highest BCUT2D eigenvalue weighted by Gasteiger charge is 2.28. The molecule has 212 valence electrons. The first kappa shape index (κ1) is 27.9. The van der Waals surface area contributed by atoms with Gasteiger partial charge in [-0.15, -0.1) is 0 Å². The van der Waals surface area contributed by atoms with Crippen LogP contribution >= 0.6 is 0 Å². The number of rotatable bonds is 9. The van der Waals surface area contributed by atoms with Crippen molar-refractivity contribution in [3.63, 3.8) is 0 Å². The lowest BCUT2D eigenvalue weighted by Gasteiger charge is -2.13. The van der Waals surface area contributed by atoms with Gasteiger partial charge in [0.15, 0.2) is 10.7 Å². The summed E-state index contributed by atoms with van der Waals surface area (Å²) in [5, 5.41) is 12.0. The Balaban J connectivity index is 1.67. The van der Waals surface area contributed by atoms with E-state index in [4.69, 9.17) is 9.84 Å². The summed E-state index contributed by atoms with van der Waals surface area (Å²) in [4.78, 5) is 12.0. The number of aryl methyl sites for hydroxylation is 1. The summed E-state index contributed by atoms with van der Waals surface area (Å²) in [6, 6.07) is 10.7. The Hall–Kier alpha value is -4.69. The van der Waals surface area contributed by atoms with E-state index in [1.54, 1.807) is 28.8 Å². The second-order valence-corrected chi connectivity index (χ2v) is 10.4. The molecular weight excluding hydrogens is 561 g/mol. The predicted molar refractivity (Wildman–Crippen MR) is 146 cm³/mol. The second kappa shape index (κ2) is 11.1. The summed E-state index contributed by atoms with van der Waals surface area (Å²) in [5.41, 5.74) is 0.384. The van der Waals surface area contributed by atoms with Crippen LogP contribution in [-0.4, -0.2) is 53.1 Å². The minimum Gasteiger partial charge on any atom is -0.497 e. The van der Waals surface area contributed by atoms with Gasteiger partial charge in [0, 0.05) is 30.6 Å². The van der Waals surface area contributed by atoms with E-state index < -0.39 is 38.1 Å². The monoisotopic (exact) mass is 584 g/mol. The van der Waals surface area contributed by atoms with Crippen LogP contribution in [0.25, 0.3) is 28.3 Å². The molecule has 5 rings (SSSR count). The Morgan fingerprint density at radius 1 is 1.05 bits per heavy atom. The third kappa shape index (κ3) is 5.26. The van der Waals surface area contributed by atoms with Crippen LogP contribution in [0.3, 0.4) is 0 Å². The molecule has 3 aromatic heterocycles. The molecule has 3 heterocycles. The van der Waals surface area contributed by atoms with Crippen LogP contribution in [0.5, 0.6) is 5.75 Å². The van der Waals surface area contributed by atoms with E-state index in [2.05, 4.69) is 20.3 Å². The quantitative estimate of drug-likeness (QED) is 0.233. The van der Waals surface area contributed by atoms with Gasteiger partial charge in [0.25, 0.3) is 10.0 Å². The van der Waals surface area contributed by atoms with Crippen molar-refractivity contribution in [2.24, 2.45) is 0 Å². The molecule has 2 aromatic carbocycles. The summed E-state index contributed by atoms with van der Waals surface area (Å²) in [5.74, 6) is -2.94. The van der Waals surface area contributed by atoms with E-state index in [0.717, 1.165) is 18.2 Å². The van der Waals surface area contributed by atoms with Crippen molar-refractivity contribution in [2.75, 3.05) is 30.3 Å². The van der Waals surface area contributed by atoms with Gasteiger partial charge in [0.1, 0.15) is 28.7 Å². The van der Waals surface area contributed by atoms with E-state index >= 15 is 4.39 Å². The highest BCUT2D eigenvalue weighted by Crippen LogP contribution is 2.37. The van der Waals surface area contributed by atoms with Gasteiger partial charge in [-0.3, -0.25) is 9.12 Å². The molecule has 0 amide bonds. The number of imidazole rings is 1. The van der Waals surface area contributed by atoms with Crippen LogP contribution in [0.1, 0.15) is 5.56 Å². The fourth-order valence-electron chi connectivity index (χ4n) is 4.20. The number of aromatic nitrogens is 4. The lowest BCUT2D eigenvalue weighted by molar-refractivity contribution is 0.311. The van der Waals surface area contributed by atoms with Crippen molar-refractivity contribution in [2.45, 2.75) is 11.8 Å². The van der Waals surface area contributed by atoms with Crippen molar-refractivity contribution >= 4 is 27.3 Å². The van der Waals surface area contributed by atoms with Crippen molar-refractivity contribution in [3.05, 3.63) is 83.9 Å². The molecule has 0 radical (unpaired) electrons. The minimum atomic E-state index is -4.86. The Bertz CT molecular complexity index is 1880. The van der Waals surface area contributed by atoms with Gasteiger partial charge in [-0.05, 0) is 42.8 Å². The molecule has 0 aliphatic rings. The van der Waals surface area contributed by atoms with Crippen LogP contribution in [0.2, 0.25) is 0 Å². The summed E-state index contributed by atoms with van der Waals surface area (Å²) < 4.78 is 79.9. The van der Waals surface area contributed by atoms with E-state index in [1.165, 1.54) is 32.4 Å². The number of pyridine rings is 1. The number of nitrogens with zero attached hydrogens (tertiary/aromatic N) is 4. The first-order valence-corrected chi connectivity index (χ1v) is 13.6. The highest BCUT2D eigenvalue weighted by molar-refractivity contribution is 7.92. The van der Waals surface area contributed by atoms with Crippen molar-refractivity contribution in [1.29, 1.82) is 0 Å². The number of fused-ring (bicyclic) bond motifs is 1. The zero-order valence-corrected chi connectivity index (χ0v) is 22.5. The van der Waals surface area contributed by atoms with E-state index in [0.29, 0.717) is 22.8 Å². The topological polar surface area (TPSA) is 131 Å². The molecule has 0 atom stereocenters. The smallest absolute Gasteiger partial charge is 0.267 e. The largest absolute Gasteiger partial charge is 0.497 e. The summed E-state index contributed by atoms with van der Waals surface area (Å²) in [6.45, 7) is 1.32. The second-order valence-electron chi connectivity index (χ2n) is 8.80. The van der Waals surface area contributed by atoms with E-state index in [-0.39, 0.29) is 35.9 Å². The molecule has 0 fully saturated rings. The van der Waals surface area contributed by atoms with E-state index in [9.17, 15) is 17.2 Å². The standard InChI is InChI=1S/C27H23F3N6O4S/c1-15-6-7-18(28)26(22(15)29)41(38,39)35-19-5-3-4-17(23(19)30)24-25(20-8-10-31-27(33-20)32-11-13-37)36-12-9-16(40-2)14-21(36)34-24/h3-10,12,14,35,37H,11,13H2,1-2H3,(H,31,32,33). The van der Waals surface area contributed by atoms with Gasteiger partial charge in [-0.2, -0.15) is 0 Å². The average molecular weight is 585 g/mol. The molecule has 0 bridgehead atoms. The number of aliphatic hydroxyl groups excluding tert-OH is 1. The average Bonchev–Trinajstić information content (AvgIpc) is 3.33. The molecule has 0 unspecified atom stereocenters. The van der Waals surface area contributed by atoms with Gasteiger partial charge >= 0.3 is 0 Å². The molecule has 10 nitrogen and oxygen atoms in total. The van der Waals surface area contributed by atoms with Gasteiger partial charge in [-0.25, -0.2) is 36.5 Å². The SMILES string of the molecule is COc1ccn2c(-c3ccnc(NCCO)n3)c(-c3cccc(NS(=O)(=O)c4c(F)ccc(C)c4F)c3F)nc2c1. The number of aliphatic hydroxyl groups is 1. The fourth-order valence-corrected chi connectivity index (χ4v) is 5.47. The molecule has 14 heteroatoms. The Morgan fingerprint density at radius 3 is 2.61 bits per heavy atom. The number of sulfonamides is 1. The molecule has 0 aliphatic heterocycles. The van der Waals surface area contributed by atoms with Crippen molar-refractivity contribution < 1.29 is 31.4 Å². The van der Waals surface area contributed by atoms with Gasteiger partial charge in [0.05, 0.1) is 30.8 Å². The van der Waals surface area contributed by atoms with E-state index in [1.807, 2.05) is 4.72 Å². The number of nitrogens with one attached hydrogen (secondary N) is 2. The zero-order valence-electron chi connectivity index (χ0n) is 21.7. The van der Waals surface area contributed by atoms with Gasteiger partial charge in [0.2, 0.25) is 5.95 Å². The Kier molecular flexibility index (Phi) is 7.51. The normalized spacial score (nSPS) is 11.6. The highest BCUT2D eigenvalue weighted by atomic mass is 32.2. The summed E-state index contributed by atoms with van der Waals surface area (Å²) in [7, 11) is -3.38. The number of benzene rings is 2. The number of hydrogen-bond acceptors (Lipinski definition) is 8. The first-order valence-electron chi connectivity index (χ1n) is 12.1. The number of hydrogen-bond donors (Lipinski definition) is 3. The molecular formula is C27H23F3N6O4S. The third-order valence-electron chi connectivity index (χ3n) is 6.14. The third-order valence-corrected chi connectivity index (χ3v) is 7.54. The van der Waals surface area contributed by atoms with Crippen LogP contribution in [0, 0.1) is 24.4 Å². The Labute approximate surface area is 232 Å². The van der Waals surface area contributed by atoms with Crippen molar-refractivity contribution in [3.8, 4) is 28.4 Å². The minimum absolute atomic E-state index is 0.0940. The Morgan fingerprint density at radius 2 is 1.85 bits per heavy atom. The number of methoxy groups -OCH3 is 1. The zero-order chi connectivity index (χ0) is 29.3. The maximum Gasteiger partial charge on any atom is 0.267 e. The molecule has 0 aliphatic carbocycles. The van der Waals surface area contributed by atoms with Crippen LogP contribution in [0.4, 0.5) is 24.8 Å². The van der Waals surface area contributed by atoms with Gasteiger partial charge in [-0.1, -0.05) is 12.1 Å². The van der Waals surface area contributed by atoms with Crippen LogP contribution in [-0.2, 0) is 10.0 Å². The first-order chi connectivity index (χ1) is 19.6. The molecule has 0 spiro atoms. The molecule has 41 heavy (non-hydrogen) atoms. The predicted octanol–water partition coefficient (Wildman–Crippen LogP) is 4.40. The molecule has 0 saturated heterocycles. The van der Waals surface area contributed by atoms with Crippen LogP contribution < -0.4 is 14.8 Å². The molecule has 5 aromatic rings. The number of anilines is 2. The molecule has 0 saturated carbocycles. The number of halogens is 3. The fraction of sp³-hybridized carbons (Fsp3) is 0.148. The summed E-state index contributed by atoms with van der Waals surface area (Å²) >= 11 is 0. The summed E-state index contributed by atoms with van der Waals surface area (Å²) in [6.07, 6.45) is 3.12. The lowest BCUT2D eigenvalue weighted by atomic mass is 10.1. The van der Waals surface area contributed by atoms with Crippen molar-refractivity contribution in [1.82, 2.24) is 19.4 Å². The van der Waals surface area contributed by atoms with Crippen LogP contribution in [0.15, 0.2) is 65.8 Å². The van der Waals surface area contributed by atoms with Gasteiger partial charge < -0.3 is 15.2 Å². The maximum atomic E-state index is 16.0. The maximum absolute atomic E-state index is 16.0.